The van der Waals surface area contributed by atoms with Crippen LogP contribution in [0, 0.1) is 5.92 Å². The van der Waals surface area contributed by atoms with Crippen LogP contribution < -0.4 is 5.32 Å². The van der Waals surface area contributed by atoms with Crippen molar-refractivity contribution in [3.63, 3.8) is 0 Å². The van der Waals surface area contributed by atoms with Crippen molar-refractivity contribution in [3.05, 3.63) is 42.5 Å². The molecule has 1 aromatic carbocycles. The van der Waals surface area contributed by atoms with Crippen LogP contribution >= 0.6 is 0 Å². The minimum Gasteiger partial charge on any atom is -0.339 e. The number of aromatic nitrogens is 3. The molecule has 0 bridgehead atoms. The van der Waals surface area contributed by atoms with Crippen LogP contribution in [-0.2, 0) is 15.0 Å². The second kappa shape index (κ2) is 7.96. The van der Waals surface area contributed by atoms with E-state index in [1.54, 1.807) is 4.90 Å². The van der Waals surface area contributed by atoms with Gasteiger partial charge in [0.1, 0.15) is 0 Å². The second-order valence-electron chi connectivity index (χ2n) is 8.13. The summed E-state index contributed by atoms with van der Waals surface area (Å²) in [5.74, 6) is 0.530. The van der Waals surface area contributed by atoms with Crippen molar-refractivity contribution in [2.75, 3.05) is 18.4 Å². The van der Waals surface area contributed by atoms with Gasteiger partial charge in [-0.05, 0) is 29.9 Å². The summed E-state index contributed by atoms with van der Waals surface area (Å²) in [4.78, 5) is 30.2. The zero-order valence-corrected chi connectivity index (χ0v) is 16.7. The van der Waals surface area contributed by atoms with E-state index >= 15 is 0 Å². The van der Waals surface area contributed by atoms with Gasteiger partial charge in [-0.25, -0.2) is 0 Å². The summed E-state index contributed by atoms with van der Waals surface area (Å²) >= 11 is 0. The largest absolute Gasteiger partial charge is 0.339 e. The fraction of sp³-hybridized carbons (Fsp3) is 0.429. The van der Waals surface area contributed by atoms with Crippen molar-refractivity contribution in [3.8, 4) is 11.4 Å². The number of carbonyl (C=O) groups is 2. The Morgan fingerprint density at radius 2 is 1.86 bits per heavy atom. The molecule has 2 heterocycles. The lowest BCUT2D eigenvalue weighted by molar-refractivity contribution is -0.130. The van der Waals surface area contributed by atoms with Gasteiger partial charge in [0.15, 0.2) is 5.82 Å². The van der Waals surface area contributed by atoms with Crippen LogP contribution in [-0.4, -0.2) is 45.0 Å². The molecule has 0 aliphatic carbocycles. The summed E-state index contributed by atoms with van der Waals surface area (Å²) in [5, 5.41) is 9.77. The third-order valence-corrected chi connectivity index (χ3v) is 5.10. The number of amides is 2. The number of rotatable bonds is 4. The van der Waals surface area contributed by atoms with Crippen molar-refractivity contribution in [2.24, 2.45) is 5.92 Å². The first kappa shape index (κ1) is 19.8. The smallest absolute Gasteiger partial charge is 0.249 e. The third kappa shape index (κ3) is 4.47. The molecule has 2 aromatic rings. The number of aromatic amines is 1. The summed E-state index contributed by atoms with van der Waals surface area (Å²) in [6, 6.07) is 8.15. The van der Waals surface area contributed by atoms with E-state index in [0.29, 0.717) is 31.8 Å². The molecule has 1 aliphatic rings. The Morgan fingerprint density at radius 3 is 2.43 bits per heavy atom. The minimum absolute atomic E-state index is 0.0880. The standard InChI is InChI=1S/C21H27N5O2/c1-5-17(27)26-12-10-15(11-13-26)19(28)23-20-22-18(24-25-20)14-6-8-16(9-7-14)21(2,3)4/h5-9,15H,1,10-13H2,2-4H3,(H2,22,23,24,25,28). The number of likely N-dealkylation sites (tertiary alicyclic amines) is 1. The van der Waals surface area contributed by atoms with E-state index in [9.17, 15) is 9.59 Å². The van der Waals surface area contributed by atoms with Gasteiger partial charge in [0, 0.05) is 24.6 Å². The van der Waals surface area contributed by atoms with Gasteiger partial charge in [-0.2, -0.15) is 4.98 Å². The van der Waals surface area contributed by atoms with Crippen molar-refractivity contribution < 1.29 is 9.59 Å². The van der Waals surface area contributed by atoms with E-state index in [-0.39, 0.29) is 29.1 Å². The molecule has 148 valence electrons. The van der Waals surface area contributed by atoms with Crippen LogP contribution in [0.5, 0.6) is 0 Å². The molecular weight excluding hydrogens is 354 g/mol. The molecule has 28 heavy (non-hydrogen) atoms. The molecule has 0 spiro atoms. The van der Waals surface area contributed by atoms with E-state index in [0.717, 1.165) is 5.56 Å². The Kier molecular flexibility index (Phi) is 5.63. The number of nitrogens with zero attached hydrogens (tertiary/aromatic N) is 3. The number of piperidine rings is 1. The van der Waals surface area contributed by atoms with E-state index in [1.807, 2.05) is 12.1 Å². The molecule has 1 aromatic heterocycles. The van der Waals surface area contributed by atoms with Crippen molar-refractivity contribution in [1.29, 1.82) is 0 Å². The molecule has 7 heteroatoms. The Bertz CT molecular complexity index is 856. The van der Waals surface area contributed by atoms with Crippen LogP contribution in [0.3, 0.4) is 0 Å². The number of hydrogen-bond donors (Lipinski definition) is 2. The molecule has 0 radical (unpaired) electrons. The molecule has 0 atom stereocenters. The predicted octanol–water partition coefficient (Wildman–Crippen LogP) is 3.13. The van der Waals surface area contributed by atoms with Gasteiger partial charge < -0.3 is 4.90 Å². The van der Waals surface area contributed by atoms with Gasteiger partial charge in [0.05, 0.1) is 0 Å². The zero-order chi connectivity index (χ0) is 20.3. The Morgan fingerprint density at radius 1 is 1.21 bits per heavy atom. The normalized spacial score (nSPS) is 15.3. The van der Waals surface area contributed by atoms with Gasteiger partial charge in [0.25, 0.3) is 0 Å². The quantitative estimate of drug-likeness (QED) is 0.796. The molecule has 2 amide bonds. The highest BCUT2D eigenvalue weighted by Gasteiger charge is 2.27. The fourth-order valence-corrected chi connectivity index (χ4v) is 3.28. The predicted molar refractivity (Wildman–Crippen MR) is 109 cm³/mol. The highest BCUT2D eigenvalue weighted by molar-refractivity contribution is 5.91. The Labute approximate surface area is 165 Å². The summed E-state index contributed by atoms with van der Waals surface area (Å²) in [6.07, 6.45) is 2.55. The molecule has 0 saturated carbocycles. The number of nitrogens with one attached hydrogen (secondary N) is 2. The van der Waals surface area contributed by atoms with Crippen molar-refractivity contribution in [1.82, 2.24) is 20.1 Å². The topological polar surface area (TPSA) is 91.0 Å². The van der Waals surface area contributed by atoms with Gasteiger partial charge in [0.2, 0.25) is 17.8 Å². The Balaban J connectivity index is 1.59. The van der Waals surface area contributed by atoms with E-state index in [2.05, 4.69) is 60.0 Å². The maximum Gasteiger partial charge on any atom is 0.249 e. The monoisotopic (exact) mass is 381 g/mol. The average Bonchev–Trinajstić information content (AvgIpc) is 3.15. The third-order valence-electron chi connectivity index (χ3n) is 5.10. The van der Waals surface area contributed by atoms with Gasteiger partial charge in [-0.15, -0.1) is 5.10 Å². The Hall–Kier alpha value is -2.96. The second-order valence-corrected chi connectivity index (χ2v) is 8.13. The van der Waals surface area contributed by atoms with Crippen LogP contribution in [0.15, 0.2) is 36.9 Å². The lowest BCUT2D eigenvalue weighted by Crippen LogP contribution is -2.40. The number of anilines is 1. The fourth-order valence-electron chi connectivity index (χ4n) is 3.28. The number of H-pyrrole nitrogens is 1. The van der Waals surface area contributed by atoms with E-state index < -0.39 is 0 Å². The number of benzene rings is 1. The van der Waals surface area contributed by atoms with Crippen molar-refractivity contribution >= 4 is 17.8 Å². The van der Waals surface area contributed by atoms with Gasteiger partial charge >= 0.3 is 0 Å². The first-order valence-electron chi connectivity index (χ1n) is 9.53. The maximum absolute atomic E-state index is 12.5. The van der Waals surface area contributed by atoms with Crippen molar-refractivity contribution in [2.45, 2.75) is 39.0 Å². The molecular formula is C21H27N5O2. The zero-order valence-electron chi connectivity index (χ0n) is 16.7. The van der Waals surface area contributed by atoms with Crippen LogP contribution in [0.25, 0.3) is 11.4 Å². The molecule has 1 fully saturated rings. The molecule has 1 aliphatic heterocycles. The number of carbonyl (C=O) groups excluding carboxylic acids is 2. The van der Waals surface area contributed by atoms with E-state index in [4.69, 9.17) is 0 Å². The molecule has 3 rings (SSSR count). The first-order chi connectivity index (χ1) is 13.3. The highest BCUT2D eigenvalue weighted by Crippen LogP contribution is 2.25. The maximum atomic E-state index is 12.5. The summed E-state index contributed by atoms with van der Waals surface area (Å²) < 4.78 is 0. The first-order valence-corrected chi connectivity index (χ1v) is 9.53. The molecule has 7 nitrogen and oxygen atoms in total. The van der Waals surface area contributed by atoms with Crippen LogP contribution in [0.4, 0.5) is 5.95 Å². The SMILES string of the molecule is C=CC(=O)N1CCC(C(=O)Nc2n[nH]c(-c3ccc(C(C)(C)C)cc3)n2)CC1. The van der Waals surface area contributed by atoms with Gasteiger partial charge in [-0.1, -0.05) is 51.6 Å². The van der Waals surface area contributed by atoms with E-state index in [1.165, 1.54) is 11.6 Å². The van der Waals surface area contributed by atoms with Gasteiger partial charge in [-0.3, -0.25) is 20.0 Å². The highest BCUT2D eigenvalue weighted by atomic mass is 16.2. The van der Waals surface area contributed by atoms with Crippen LogP contribution in [0.2, 0.25) is 0 Å². The summed E-state index contributed by atoms with van der Waals surface area (Å²) in [7, 11) is 0. The summed E-state index contributed by atoms with van der Waals surface area (Å²) in [6.45, 7) is 11.1. The lowest BCUT2D eigenvalue weighted by atomic mass is 9.87. The summed E-state index contributed by atoms with van der Waals surface area (Å²) in [5.41, 5.74) is 2.24. The average molecular weight is 381 g/mol. The molecule has 1 saturated heterocycles. The van der Waals surface area contributed by atoms with Crippen LogP contribution in [0.1, 0.15) is 39.2 Å². The minimum atomic E-state index is -0.151. The lowest BCUT2D eigenvalue weighted by Gasteiger charge is -2.30. The number of hydrogen-bond acceptors (Lipinski definition) is 4. The molecule has 0 unspecified atom stereocenters. The molecule has 2 N–H and O–H groups in total.